The largest absolute Gasteiger partial charge is 0.341 e. The number of fused-ring (bicyclic) bond motifs is 1. The van der Waals surface area contributed by atoms with Crippen molar-refractivity contribution < 1.29 is 13.6 Å². The number of anilines is 1. The second-order valence-corrected chi connectivity index (χ2v) is 7.61. The van der Waals surface area contributed by atoms with Gasteiger partial charge in [0.25, 0.3) is 5.56 Å². The summed E-state index contributed by atoms with van der Waals surface area (Å²) >= 11 is 0. The Balaban J connectivity index is 1.70. The molecule has 0 saturated heterocycles. The maximum atomic E-state index is 13.4. The third-order valence-electron chi connectivity index (χ3n) is 5.47. The number of aromatic nitrogens is 2. The van der Waals surface area contributed by atoms with Crippen molar-refractivity contribution in [1.29, 1.82) is 0 Å². The van der Waals surface area contributed by atoms with Gasteiger partial charge in [0.15, 0.2) is 0 Å². The summed E-state index contributed by atoms with van der Waals surface area (Å²) < 4.78 is 28.0. The van der Waals surface area contributed by atoms with Gasteiger partial charge < -0.3 is 4.90 Å². The van der Waals surface area contributed by atoms with Gasteiger partial charge in [0, 0.05) is 19.2 Å². The average Bonchev–Trinajstić information content (AvgIpc) is 3.23. The second kappa shape index (κ2) is 8.22. The lowest BCUT2D eigenvalue weighted by Crippen LogP contribution is -2.41. The Morgan fingerprint density at radius 3 is 2.53 bits per heavy atom. The Morgan fingerprint density at radius 2 is 1.83 bits per heavy atom. The molecule has 0 bridgehead atoms. The van der Waals surface area contributed by atoms with Crippen LogP contribution in [0.1, 0.15) is 31.2 Å². The van der Waals surface area contributed by atoms with Crippen molar-refractivity contribution in [2.24, 2.45) is 0 Å². The lowest BCUT2D eigenvalue weighted by molar-refractivity contribution is -0.116. The van der Waals surface area contributed by atoms with E-state index < -0.39 is 23.1 Å². The summed E-state index contributed by atoms with van der Waals surface area (Å²) in [6.07, 6.45) is 3.89. The predicted molar refractivity (Wildman–Crippen MR) is 111 cm³/mol. The molecule has 1 amide bonds. The van der Waals surface area contributed by atoms with Crippen LogP contribution < -0.4 is 15.9 Å². The highest BCUT2D eigenvalue weighted by Gasteiger charge is 2.25. The molecule has 156 valence electrons. The van der Waals surface area contributed by atoms with Crippen molar-refractivity contribution in [3.8, 4) is 0 Å². The van der Waals surface area contributed by atoms with E-state index in [2.05, 4.69) is 10.4 Å². The number of carbonyl (C=O) groups is 1. The van der Waals surface area contributed by atoms with Gasteiger partial charge in [-0.2, -0.15) is 4.68 Å². The third kappa shape index (κ3) is 4.03. The lowest BCUT2D eigenvalue weighted by Gasteiger charge is -2.28. The molecule has 3 aromatic rings. The molecule has 8 heteroatoms. The van der Waals surface area contributed by atoms with E-state index in [1.165, 1.54) is 0 Å². The molecule has 1 aliphatic rings. The maximum Gasteiger partial charge on any atom is 0.281 e. The first-order valence-electron chi connectivity index (χ1n) is 9.92. The fraction of sp³-hybridized carbons (Fsp3) is 0.318. The zero-order valence-electron chi connectivity index (χ0n) is 16.6. The zero-order chi connectivity index (χ0) is 21.3. The van der Waals surface area contributed by atoms with Gasteiger partial charge in [0.2, 0.25) is 11.9 Å². The molecule has 1 aromatic heterocycles. The third-order valence-corrected chi connectivity index (χ3v) is 5.47. The van der Waals surface area contributed by atoms with Crippen molar-refractivity contribution in [3.05, 3.63) is 70.0 Å². The van der Waals surface area contributed by atoms with Crippen LogP contribution in [0, 0.1) is 11.6 Å². The van der Waals surface area contributed by atoms with Crippen molar-refractivity contribution in [3.63, 3.8) is 0 Å². The van der Waals surface area contributed by atoms with Gasteiger partial charge in [-0.1, -0.05) is 25.0 Å². The molecule has 1 fully saturated rings. The van der Waals surface area contributed by atoms with Gasteiger partial charge in [0.05, 0.1) is 17.3 Å². The van der Waals surface area contributed by atoms with E-state index in [9.17, 15) is 18.4 Å². The van der Waals surface area contributed by atoms with Gasteiger partial charge in [-0.05, 0) is 42.7 Å². The number of nitrogens with one attached hydrogen (secondary N) is 1. The summed E-state index contributed by atoms with van der Waals surface area (Å²) in [5.41, 5.74) is 2.90. The summed E-state index contributed by atoms with van der Waals surface area (Å²) in [4.78, 5) is 32.3. The maximum absolute atomic E-state index is 13.4. The van der Waals surface area contributed by atoms with E-state index >= 15 is 0 Å². The van der Waals surface area contributed by atoms with E-state index in [1.54, 1.807) is 24.3 Å². The number of hydrogen-bond donors (Lipinski definition) is 1. The van der Waals surface area contributed by atoms with Crippen LogP contribution in [-0.4, -0.2) is 28.7 Å². The van der Waals surface area contributed by atoms with Crippen LogP contribution >= 0.6 is 0 Å². The Hall–Kier alpha value is -3.29. The minimum atomic E-state index is -0.760. The molecule has 1 heterocycles. The highest BCUT2D eigenvalue weighted by atomic mass is 19.1. The van der Waals surface area contributed by atoms with Gasteiger partial charge >= 0.3 is 0 Å². The number of hydrogen-bond acceptors (Lipinski definition) is 4. The van der Waals surface area contributed by atoms with E-state index in [1.807, 2.05) is 11.9 Å². The van der Waals surface area contributed by atoms with Crippen LogP contribution in [0.3, 0.4) is 0 Å². The summed E-state index contributed by atoms with van der Waals surface area (Å²) in [6.45, 7) is 0. The van der Waals surface area contributed by atoms with Gasteiger partial charge in [-0.3, -0.25) is 15.0 Å². The fourth-order valence-corrected chi connectivity index (χ4v) is 3.98. The standard InChI is InChI=1S/C22H22F2N4O2/c1-27(17-6-2-3-7-17)22-25-19-9-5-4-8-18(19)21(30)28(22)26-20(29)12-14-10-15(23)13-16(24)11-14/h4-5,8-11,13,17H,2-3,6-7,12H2,1H3,(H,26,29). The number of para-hydroxylation sites is 1. The monoisotopic (exact) mass is 412 g/mol. The first-order valence-corrected chi connectivity index (χ1v) is 9.92. The highest BCUT2D eigenvalue weighted by Crippen LogP contribution is 2.26. The van der Waals surface area contributed by atoms with Crippen molar-refractivity contribution in [1.82, 2.24) is 9.66 Å². The van der Waals surface area contributed by atoms with Gasteiger partial charge in [-0.25, -0.2) is 13.8 Å². The summed E-state index contributed by atoms with van der Waals surface area (Å²) in [5.74, 6) is -1.75. The predicted octanol–water partition coefficient (Wildman–Crippen LogP) is 3.37. The van der Waals surface area contributed by atoms with Gasteiger partial charge in [0.1, 0.15) is 11.6 Å². The van der Waals surface area contributed by atoms with Crippen molar-refractivity contribution >= 4 is 22.8 Å². The Morgan fingerprint density at radius 1 is 1.17 bits per heavy atom. The number of rotatable bonds is 5. The minimum Gasteiger partial charge on any atom is -0.341 e. The normalized spacial score (nSPS) is 14.2. The van der Waals surface area contributed by atoms with E-state index in [-0.39, 0.29) is 18.0 Å². The fourth-order valence-electron chi connectivity index (χ4n) is 3.98. The summed E-state index contributed by atoms with van der Waals surface area (Å²) in [7, 11) is 1.86. The Kier molecular flexibility index (Phi) is 5.48. The first kappa shape index (κ1) is 20.0. The molecule has 6 nitrogen and oxygen atoms in total. The van der Waals surface area contributed by atoms with Crippen molar-refractivity contribution in [2.75, 3.05) is 17.4 Å². The number of benzene rings is 2. The summed E-state index contributed by atoms with van der Waals surface area (Å²) in [5, 5.41) is 0.373. The number of nitrogens with zero attached hydrogens (tertiary/aromatic N) is 3. The Bertz CT molecular complexity index is 1140. The van der Waals surface area contributed by atoms with Crippen molar-refractivity contribution in [2.45, 2.75) is 38.1 Å². The van der Waals surface area contributed by atoms with Crippen LogP contribution in [0.15, 0.2) is 47.3 Å². The van der Waals surface area contributed by atoms with Crippen LogP contribution in [0.4, 0.5) is 14.7 Å². The number of carbonyl (C=O) groups excluding carboxylic acids is 1. The SMILES string of the molecule is CN(c1nc2ccccc2c(=O)n1NC(=O)Cc1cc(F)cc(F)c1)C1CCCC1. The second-order valence-electron chi connectivity index (χ2n) is 7.61. The average molecular weight is 412 g/mol. The quantitative estimate of drug-likeness (QED) is 0.698. The van der Waals surface area contributed by atoms with E-state index in [4.69, 9.17) is 0 Å². The van der Waals surface area contributed by atoms with Crippen LogP contribution in [0.5, 0.6) is 0 Å². The Labute approximate surface area is 172 Å². The van der Waals surface area contributed by atoms with Crippen LogP contribution in [-0.2, 0) is 11.2 Å². The molecule has 1 N–H and O–H groups in total. The molecule has 0 radical (unpaired) electrons. The summed E-state index contributed by atoms with van der Waals surface area (Å²) in [6, 6.07) is 10.1. The molecular formula is C22H22F2N4O2. The zero-order valence-corrected chi connectivity index (χ0v) is 16.6. The minimum absolute atomic E-state index is 0.178. The smallest absolute Gasteiger partial charge is 0.281 e. The molecule has 0 atom stereocenters. The molecule has 2 aromatic carbocycles. The number of halogens is 2. The van der Waals surface area contributed by atoms with E-state index in [0.717, 1.165) is 48.6 Å². The molecule has 1 saturated carbocycles. The van der Waals surface area contributed by atoms with E-state index in [0.29, 0.717) is 16.9 Å². The first-order chi connectivity index (χ1) is 14.4. The highest BCUT2D eigenvalue weighted by molar-refractivity contribution is 5.87. The van der Waals surface area contributed by atoms with Gasteiger partial charge in [-0.15, -0.1) is 0 Å². The molecule has 1 aliphatic carbocycles. The molecule has 0 unspecified atom stereocenters. The lowest BCUT2D eigenvalue weighted by atomic mass is 10.1. The van der Waals surface area contributed by atoms with Crippen LogP contribution in [0.2, 0.25) is 0 Å². The number of amides is 1. The molecule has 30 heavy (non-hydrogen) atoms. The van der Waals surface area contributed by atoms with Crippen LogP contribution in [0.25, 0.3) is 10.9 Å². The molecule has 0 aliphatic heterocycles. The topological polar surface area (TPSA) is 67.2 Å². The molecule has 0 spiro atoms. The molecular weight excluding hydrogens is 390 g/mol. The molecule has 4 rings (SSSR count).